The van der Waals surface area contributed by atoms with Gasteiger partial charge in [-0.15, -0.1) is 0 Å². The Labute approximate surface area is 229 Å². The second-order valence-electron chi connectivity index (χ2n) is 10.7. The van der Waals surface area contributed by atoms with Gasteiger partial charge in [-0.25, -0.2) is 0 Å². The van der Waals surface area contributed by atoms with E-state index in [4.69, 9.17) is 5.73 Å². The molecule has 7 N–H and O–H groups in total. The summed E-state index contributed by atoms with van der Waals surface area (Å²) in [6.07, 6.45) is 3.01. The Morgan fingerprint density at radius 3 is 2.45 bits per heavy atom. The number of nitrogens with one attached hydrogen (secondary N) is 1. The zero-order valence-electron chi connectivity index (χ0n) is 21.9. The number of carbonyl (C=O) groups excluding carboxylic acids is 3. The number of nitrogens with zero attached hydrogens (tertiary/aromatic N) is 2. The number of phenols is 1. The number of aliphatic hydroxyl groups is 3. The molecule has 4 atom stereocenters. The first kappa shape index (κ1) is 27.3. The Morgan fingerprint density at radius 2 is 1.82 bits per heavy atom. The van der Waals surface area contributed by atoms with Gasteiger partial charge in [0.1, 0.15) is 22.8 Å². The number of benzene rings is 1. The first-order chi connectivity index (χ1) is 18.9. The van der Waals surface area contributed by atoms with Crippen molar-refractivity contribution >= 4 is 17.5 Å². The van der Waals surface area contributed by atoms with Crippen molar-refractivity contribution in [2.24, 2.45) is 17.6 Å². The molecule has 3 aliphatic carbocycles. The average Bonchev–Trinajstić information content (AvgIpc) is 2.88. The average molecular weight is 551 g/mol. The smallest absolute Gasteiger partial charge is 0.255 e. The van der Waals surface area contributed by atoms with E-state index in [9.17, 15) is 40.0 Å². The Bertz CT molecular complexity index is 1500. The lowest BCUT2D eigenvalue weighted by atomic mass is 9.58. The van der Waals surface area contributed by atoms with Crippen molar-refractivity contribution in [2.75, 3.05) is 14.1 Å². The van der Waals surface area contributed by atoms with Crippen molar-refractivity contribution < 1.29 is 39.5 Å². The molecule has 5 rings (SSSR count). The summed E-state index contributed by atoms with van der Waals surface area (Å²) in [5.41, 5.74) is 3.78. The Hall–Kier alpha value is -4.26. The van der Waals surface area contributed by atoms with Gasteiger partial charge in [0, 0.05) is 36.7 Å². The number of allylic oxidation sites excluding steroid dienone is 1. The minimum absolute atomic E-state index is 0.0213. The molecule has 3 aliphatic rings. The fourth-order valence-corrected chi connectivity index (χ4v) is 6.38. The summed E-state index contributed by atoms with van der Waals surface area (Å²) in [5, 5.41) is 59.1. The van der Waals surface area contributed by atoms with Crippen LogP contribution in [0.25, 0.3) is 0 Å². The molecule has 0 saturated carbocycles. The fraction of sp³-hybridized carbons (Fsp3) is 0.357. The van der Waals surface area contributed by atoms with Gasteiger partial charge in [0.2, 0.25) is 5.78 Å². The molecule has 12 heteroatoms. The van der Waals surface area contributed by atoms with Crippen LogP contribution in [0, 0.1) is 17.0 Å². The van der Waals surface area contributed by atoms with E-state index < -0.39 is 58.0 Å². The molecule has 0 spiro atoms. The van der Waals surface area contributed by atoms with Crippen LogP contribution in [0.15, 0.2) is 59.3 Å². The van der Waals surface area contributed by atoms with Crippen LogP contribution in [-0.4, -0.2) is 68.5 Å². The van der Waals surface area contributed by atoms with E-state index in [2.05, 4.69) is 5.32 Å². The quantitative estimate of drug-likeness (QED) is 0.162. The van der Waals surface area contributed by atoms with Gasteiger partial charge in [-0.05, 0) is 55.6 Å². The number of aromatic hydroxyl groups is 1. The van der Waals surface area contributed by atoms with Gasteiger partial charge in [0.05, 0.1) is 11.6 Å². The second kappa shape index (κ2) is 9.73. The third-order valence-electron chi connectivity index (χ3n) is 8.22. The highest BCUT2D eigenvalue weighted by molar-refractivity contribution is 6.24. The van der Waals surface area contributed by atoms with Crippen molar-refractivity contribution in [1.82, 2.24) is 10.2 Å². The standard InChI is InChI=1S/C28H30N4O8/c1-31(2)22-17-10-15-9-16-14(12-30-11-13-5-7-32(40)8-6-13)3-4-18(33)20(16)23(34)19(15)25(36)28(17,39)26(37)21(24(22)35)27(29)38/h3-8,15,17,22,30,33,35-36,39H,9-12H2,1-2H3,(H2,29,38)/t15-,17-,22-,28-/m0/s1. The van der Waals surface area contributed by atoms with E-state index in [0.717, 1.165) is 11.1 Å². The monoisotopic (exact) mass is 550 g/mol. The maximum atomic E-state index is 13.8. The van der Waals surface area contributed by atoms with Gasteiger partial charge < -0.3 is 36.7 Å². The maximum absolute atomic E-state index is 13.8. The van der Waals surface area contributed by atoms with E-state index in [1.165, 1.54) is 23.4 Å². The number of nitrogens with two attached hydrogens (primary N) is 1. The summed E-state index contributed by atoms with van der Waals surface area (Å²) in [6, 6.07) is 5.38. The molecular formula is C28H30N4O8. The van der Waals surface area contributed by atoms with Gasteiger partial charge in [-0.1, -0.05) is 6.07 Å². The summed E-state index contributed by atoms with van der Waals surface area (Å²) < 4.78 is 0.683. The van der Waals surface area contributed by atoms with Crippen LogP contribution in [0.5, 0.6) is 5.75 Å². The van der Waals surface area contributed by atoms with E-state index in [1.54, 1.807) is 32.3 Å². The van der Waals surface area contributed by atoms with Crippen LogP contribution in [0.2, 0.25) is 0 Å². The molecule has 0 radical (unpaired) electrons. The minimum atomic E-state index is -2.67. The highest BCUT2D eigenvalue weighted by Crippen LogP contribution is 2.52. The molecule has 0 bridgehead atoms. The van der Waals surface area contributed by atoms with Crippen molar-refractivity contribution in [3.63, 3.8) is 0 Å². The largest absolute Gasteiger partial charge is 0.619 e. The van der Waals surface area contributed by atoms with Gasteiger partial charge in [0.15, 0.2) is 23.8 Å². The molecule has 1 aromatic carbocycles. The number of likely N-dealkylation sites (N-methyl/N-ethyl adjacent to an activating group) is 1. The van der Waals surface area contributed by atoms with Crippen molar-refractivity contribution in [3.8, 4) is 5.75 Å². The number of ketones is 2. The molecule has 1 aromatic heterocycles. The van der Waals surface area contributed by atoms with Crippen LogP contribution in [0.4, 0.5) is 0 Å². The fourth-order valence-electron chi connectivity index (χ4n) is 6.38. The summed E-state index contributed by atoms with van der Waals surface area (Å²) in [4.78, 5) is 40.7. The van der Waals surface area contributed by atoms with Crippen LogP contribution in [0.1, 0.15) is 33.5 Å². The molecule has 1 amide bonds. The van der Waals surface area contributed by atoms with Crippen LogP contribution in [-0.2, 0) is 29.1 Å². The highest BCUT2D eigenvalue weighted by Gasteiger charge is 2.63. The lowest BCUT2D eigenvalue weighted by Gasteiger charge is -2.50. The molecule has 12 nitrogen and oxygen atoms in total. The third-order valence-corrected chi connectivity index (χ3v) is 8.22. The van der Waals surface area contributed by atoms with Crippen LogP contribution >= 0.6 is 0 Å². The van der Waals surface area contributed by atoms with Gasteiger partial charge in [0.25, 0.3) is 5.91 Å². The van der Waals surface area contributed by atoms with Crippen LogP contribution in [0.3, 0.4) is 0 Å². The van der Waals surface area contributed by atoms with Gasteiger partial charge in [-0.3, -0.25) is 19.3 Å². The molecule has 0 saturated heterocycles. The lowest BCUT2D eigenvalue weighted by Crippen LogP contribution is -2.63. The van der Waals surface area contributed by atoms with Gasteiger partial charge in [-0.2, -0.15) is 4.73 Å². The summed E-state index contributed by atoms with van der Waals surface area (Å²) in [5.74, 6) is -6.81. The number of amides is 1. The molecule has 0 fully saturated rings. The van der Waals surface area contributed by atoms with Crippen LogP contribution < -0.4 is 15.8 Å². The number of fused-ring (bicyclic) bond motifs is 3. The van der Waals surface area contributed by atoms with E-state index in [1.807, 2.05) is 0 Å². The number of aromatic nitrogens is 1. The Kier molecular flexibility index (Phi) is 6.65. The third kappa shape index (κ3) is 4.03. The normalized spacial score (nSPS) is 26.1. The first-order valence-corrected chi connectivity index (χ1v) is 12.7. The number of pyridine rings is 1. The van der Waals surface area contributed by atoms with Gasteiger partial charge >= 0.3 is 0 Å². The molecule has 40 heavy (non-hydrogen) atoms. The SMILES string of the molecule is CN(C)[C@@H]1C(O)=C(C(N)=O)C(=O)[C@@]2(O)C(O)=C3C(=O)c4c(O)ccc(CNCc5cc[n+]([O-])cc5)c4C[C@H]3C[C@@H]12. The Balaban J connectivity index is 1.54. The zero-order chi connectivity index (χ0) is 29.1. The number of phenolic OH excluding ortho intramolecular Hbond substituents is 1. The molecule has 0 aliphatic heterocycles. The molecule has 210 valence electrons. The number of Topliss-reactive ketones (excluding diaryl/α,β-unsaturated/α-hetero) is 2. The number of primary amides is 1. The van der Waals surface area contributed by atoms with Crippen molar-refractivity contribution in [2.45, 2.75) is 37.6 Å². The predicted molar refractivity (Wildman–Crippen MR) is 140 cm³/mol. The van der Waals surface area contributed by atoms with Crippen molar-refractivity contribution in [1.29, 1.82) is 0 Å². The predicted octanol–water partition coefficient (Wildman–Crippen LogP) is 0.0438. The van der Waals surface area contributed by atoms with E-state index in [0.29, 0.717) is 23.4 Å². The second-order valence-corrected chi connectivity index (χ2v) is 10.7. The summed E-state index contributed by atoms with van der Waals surface area (Å²) in [7, 11) is 3.16. The lowest BCUT2D eigenvalue weighted by molar-refractivity contribution is -0.605. The Morgan fingerprint density at radius 1 is 1.15 bits per heavy atom. The maximum Gasteiger partial charge on any atom is 0.255 e. The molecular weight excluding hydrogens is 520 g/mol. The topological polar surface area (TPSA) is 200 Å². The molecule has 0 unspecified atom stereocenters. The first-order valence-electron chi connectivity index (χ1n) is 12.7. The summed E-state index contributed by atoms with van der Waals surface area (Å²) >= 11 is 0. The number of carbonyl (C=O) groups is 3. The number of hydrogen-bond acceptors (Lipinski definition) is 10. The number of aliphatic hydroxyl groups excluding tert-OH is 2. The number of hydrogen-bond donors (Lipinski definition) is 6. The molecule has 1 heterocycles. The van der Waals surface area contributed by atoms with Crippen molar-refractivity contribution in [3.05, 3.63) is 86.8 Å². The highest BCUT2D eigenvalue weighted by atomic mass is 16.5. The minimum Gasteiger partial charge on any atom is -0.619 e. The van der Waals surface area contributed by atoms with E-state index >= 15 is 0 Å². The number of rotatable bonds is 6. The summed E-state index contributed by atoms with van der Waals surface area (Å²) in [6.45, 7) is 0.771. The molecule has 2 aromatic rings. The zero-order valence-corrected chi connectivity index (χ0v) is 21.9. The van der Waals surface area contributed by atoms with E-state index in [-0.39, 0.29) is 29.7 Å².